The van der Waals surface area contributed by atoms with Crippen LogP contribution in [0.15, 0.2) is 4.99 Å². The molecule has 0 fully saturated rings. The molecule has 0 atom stereocenters. The molecule has 0 saturated carbocycles. The third-order valence-corrected chi connectivity index (χ3v) is 1.81. The minimum atomic E-state index is 0.635. The third kappa shape index (κ3) is 7.73. The zero-order valence-electron chi connectivity index (χ0n) is 5.59. The first-order valence-corrected chi connectivity index (χ1v) is 4.18. The molecule has 0 aromatic rings. The molecule has 0 aromatic carbocycles. The Morgan fingerprint density at radius 1 is 1.67 bits per heavy atom. The van der Waals surface area contributed by atoms with Crippen LogP contribution in [-0.2, 0) is 4.79 Å². The third-order valence-electron chi connectivity index (χ3n) is 0.827. The second kappa shape index (κ2) is 7.73. The molecular formula is C6H11NOS. The minimum absolute atomic E-state index is 0.635. The molecule has 0 amide bonds. The predicted molar refractivity (Wildman–Crippen MR) is 40.6 cm³/mol. The van der Waals surface area contributed by atoms with Gasteiger partial charge in [-0.1, -0.05) is 6.92 Å². The first-order valence-electron chi connectivity index (χ1n) is 3.03. The van der Waals surface area contributed by atoms with Gasteiger partial charge in [-0.2, -0.15) is 11.8 Å². The Labute approximate surface area is 59.7 Å². The number of thioether (sulfide) groups is 1. The quantitative estimate of drug-likeness (QED) is 0.333. The van der Waals surface area contributed by atoms with Crippen molar-refractivity contribution in [2.24, 2.45) is 4.99 Å². The Bertz CT molecular complexity index is 99.2. The summed E-state index contributed by atoms with van der Waals surface area (Å²) in [4.78, 5) is 13.0. The van der Waals surface area contributed by atoms with E-state index in [1.165, 1.54) is 6.08 Å². The summed E-state index contributed by atoms with van der Waals surface area (Å²) >= 11 is 1.87. The van der Waals surface area contributed by atoms with Crippen molar-refractivity contribution in [2.45, 2.75) is 13.3 Å². The van der Waals surface area contributed by atoms with Crippen LogP contribution in [0.3, 0.4) is 0 Å². The van der Waals surface area contributed by atoms with Gasteiger partial charge in [0.1, 0.15) is 0 Å². The van der Waals surface area contributed by atoms with Crippen LogP contribution in [0.25, 0.3) is 0 Å². The number of aliphatic imine (C=N–C) groups is 1. The topological polar surface area (TPSA) is 29.4 Å². The molecule has 3 heteroatoms. The van der Waals surface area contributed by atoms with Gasteiger partial charge in [-0.05, 0) is 17.9 Å². The summed E-state index contributed by atoms with van der Waals surface area (Å²) in [5, 5.41) is 0. The summed E-state index contributed by atoms with van der Waals surface area (Å²) in [5.74, 6) is 2.24. The molecular weight excluding hydrogens is 134 g/mol. The van der Waals surface area contributed by atoms with Crippen LogP contribution in [-0.4, -0.2) is 24.1 Å². The summed E-state index contributed by atoms with van der Waals surface area (Å²) in [6, 6.07) is 0. The lowest BCUT2D eigenvalue weighted by Gasteiger charge is -1.91. The fourth-order valence-electron chi connectivity index (χ4n) is 0.436. The highest BCUT2D eigenvalue weighted by Crippen LogP contribution is 1.99. The van der Waals surface area contributed by atoms with E-state index in [0.717, 1.165) is 17.9 Å². The lowest BCUT2D eigenvalue weighted by molar-refractivity contribution is 0.562. The largest absolute Gasteiger partial charge is 0.234 e. The molecule has 0 aromatic heterocycles. The van der Waals surface area contributed by atoms with Crippen LogP contribution in [0.5, 0.6) is 0 Å². The van der Waals surface area contributed by atoms with Gasteiger partial charge >= 0.3 is 0 Å². The van der Waals surface area contributed by atoms with E-state index in [1.807, 2.05) is 11.8 Å². The number of carbonyl (C=O) groups excluding carboxylic acids is 1. The zero-order valence-corrected chi connectivity index (χ0v) is 6.41. The zero-order chi connectivity index (χ0) is 6.95. The highest BCUT2D eigenvalue weighted by molar-refractivity contribution is 7.99. The molecule has 0 bridgehead atoms. The van der Waals surface area contributed by atoms with E-state index in [9.17, 15) is 4.79 Å². The number of hydrogen-bond donors (Lipinski definition) is 0. The fraction of sp³-hybridized carbons (Fsp3) is 0.833. The molecule has 2 nitrogen and oxygen atoms in total. The number of nitrogens with zero attached hydrogens (tertiary/aromatic N) is 1. The monoisotopic (exact) mass is 145 g/mol. The van der Waals surface area contributed by atoms with Crippen LogP contribution < -0.4 is 0 Å². The first kappa shape index (κ1) is 8.73. The second-order valence-corrected chi connectivity index (χ2v) is 2.92. The van der Waals surface area contributed by atoms with Crippen molar-refractivity contribution >= 4 is 17.8 Å². The maximum absolute atomic E-state index is 9.54. The van der Waals surface area contributed by atoms with Crippen molar-refractivity contribution in [3.8, 4) is 0 Å². The summed E-state index contributed by atoms with van der Waals surface area (Å²) in [6.45, 7) is 2.75. The molecule has 0 N–H and O–H groups in total. The van der Waals surface area contributed by atoms with Crippen LogP contribution in [0.1, 0.15) is 13.3 Å². The summed E-state index contributed by atoms with van der Waals surface area (Å²) in [6.07, 6.45) is 2.50. The van der Waals surface area contributed by atoms with Gasteiger partial charge in [0, 0.05) is 0 Å². The number of isocyanates is 1. The number of rotatable bonds is 5. The molecule has 0 spiro atoms. The van der Waals surface area contributed by atoms with E-state index < -0.39 is 0 Å². The molecule has 0 radical (unpaired) electrons. The number of hydrogen-bond acceptors (Lipinski definition) is 3. The Morgan fingerprint density at radius 2 is 2.44 bits per heavy atom. The second-order valence-electron chi connectivity index (χ2n) is 1.52. The summed E-state index contributed by atoms with van der Waals surface area (Å²) in [5.41, 5.74) is 0. The minimum Gasteiger partial charge on any atom is -0.211 e. The fourth-order valence-corrected chi connectivity index (χ4v) is 1.06. The highest BCUT2D eigenvalue weighted by atomic mass is 32.2. The van der Waals surface area contributed by atoms with Gasteiger partial charge in [-0.25, -0.2) is 9.79 Å². The average Bonchev–Trinajstić information content (AvgIpc) is 1.89. The molecule has 0 rings (SSSR count). The smallest absolute Gasteiger partial charge is 0.211 e. The van der Waals surface area contributed by atoms with Gasteiger partial charge in [0.2, 0.25) is 6.08 Å². The van der Waals surface area contributed by atoms with E-state index in [1.54, 1.807) is 0 Å². The lowest BCUT2D eigenvalue weighted by Crippen LogP contribution is -1.83. The Balaban J connectivity index is 2.82. The van der Waals surface area contributed by atoms with Crippen LogP contribution in [0.2, 0.25) is 0 Å². The van der Waals surface area contributed by atoms with E-state index in [-0.39, 0.29) is 0 Å². The van der Waals surface area contributed by atoms with Gasteiger partial charge in [0.25, 0.3) is 0 Å². The normalized spacial score (nSPS) is 8.56. The average molecular weight is 145 g/mol. The standard InChI is InChI=1S/C6H11NOS/c1-2-9-5-3-4-7-6-8/h2-5H2,1H3. The Kier molecular flexibility index (Phi) is 7.50. The van der Waals surface area contributed by atoms with Crippen LogP contribution in [0.4, 0.5) is 0 Å². The molecule has 9 heavy (non-hydrogen) atoms. The molecule has 0 aliphatic rings. The van der Waals surface area contributed by atoms with Gasteiger partial charge < -0.3 is 0 Å². The molecule has 0 aliphatic carbocycles. The van der Waals surface area contributed by atoms with E-state index in [4.69, 9.17) is 0 Å². The SMILES string of the molecule is CCSCCCN=C=O. The first-order chi connectivity index (χ1) is 4.41. The van der Waals surface area contributed by atoms with E-state index in [0.29, 0.717) is 6.54 Å². The van der Waals surface area contributed by atoms with Crippen molar-refractivity contribution in [3.05, 3.63) is 0 Å². The molecule has 0 unspecified atom stereocenters. The van der Waals surface area contributed by atoms with E-state index >= 15 is 0 Å². The predicted octanol–water partition coefficient (Wildman–Crippen LogP) is 1.47. The molecule has 0 saturated heterocycles. The van der Waals surface area contributed by atoms with Gasteiger partial charge in [-0.3, -0.25) is 0 Å². The van der Waals surface area contributed by atoms with Crippen molar-refractivity contribution in [2.75, 3.05) is 18.1 Å². The van der Waals surface area contributed by atoms with Gasteiger partial charge in [0.05, 0.1) is 6.54 Å². The lowest BCUT2D eigenvalue weighted by atomic mass is 10.5. The molecule has 0 heterocycles. The Morgan fingerprint density at radius 3 is 3.00 bits per heavy atom. The summed E-state index contributed by atoms with van der Waals surface area (Å²) < 4.78 is 0. The van der Waals surface area contributed by atoms with Crippen LogP contribution in [0, 0.1) is 0 Å². The van der Waals surface area contributed by atoms with Crippen molar-refractivity contribution in [1.82, 2.24) is 0 Å². The van der Waals surface area contributed by atoms with Gasteiger partial charge in [-0.15, -0.1) is 0 Å². The van der Waals surface area contributed by atoms with Crippen molar-refractivity contribution < 1.29 is 4.79 Å². The van der Waals surface area contributed by atoms with E-state index in [2.05, 4.69) is 11.9 Å². The molecule has 0 aliphatic heterocycles. The Hall–Kier alpha value is -0.270. The van der Waals surface area contributed by atoms with Gasteiger partial charge in [0.15, 0.2) is 0 Å². The maximum Gasteiger partial charge on any atom is 0.234 e. The van der Waals surface area contributed by atoms with Crippen LogP contribution >= 0.6 is 11.8 Å². The maximum atomic E-state index is 9.54. The van der Waals surface area contributed by atoms with Crippen molar-refractivity contribution in [3.63, 3.8) is 0 Å². The molecule has 52 valence electrons. The van der Waals surface area contributed by atoms with Crippen molar-refractivity contribution in [1.29, 1.82) is 0 Å². The highest BCUT2D eigenvalue weighted by Gasteiger charge is 1.83. The summed E-state index contributed by atoms with van der Waals surface area (Å²) in [7, 11) is 0.